The Balaban J connectivity index is 1.78. The van der Waals surface area contributed by atoms with E-state index in [9.17, 15) is 0 Å². The van der Waals surface area contributed by atoms with Crippen LogP contribution in [0.1, 0.15) is 79.6 Å². The van der Waals surface area contributed by atoms with Gasteiger partial charge in [0.2, 0.25) is 0 Å². The number of hydrogen-bond donors (Lipinski definition) is 0. The predicted octanol–water partition coefficient (Wildman–Crippen LogP) is 5.40. The molecule has 0 aromatic rings. The molecule has 2 fully saturated rings. The molecule has 1 unspecified atom stereocenters. The van der Waals surface area contributed by atoms with Crippen LogP contribution in [0.2, 0.25) is 0 Å². The van der Waals surface area contributed by atoms with Crippen molar-refractivity contribution in [1.29, 1.82) is 0 Å². The smallest absolute Gasteiger partial charge is 0.168 e. The van der Waals surface area contributed by atoms with Gasteiger partial charge < -0.3 is 9.47 Å². The Morgan fingerprint density at radius 3 is 2.44 bits per heavy atom. The van der Waals surface area contributed by atoms with E-state index in [1.165, 1.54) is 31.3 Å². The van der Waals surface area contributed by atoms with Crippen LogP contribution in [0.3, 0.4) is 0 Å². The highest BCUT2D eigenvalue weighted by Crippen LogP contribution is 2.47. The Morgan fingerprint density at radius 1 is 1.20 bits per heavy atom. The molecule has 3 heteroatoms. The molecule has 0 radical (unpaired) electrons. The summed E-state index contributed by atoms with van der Waals surface area (Å²) in [4.78, 5) is 2.50. The van der Waals surface area contributed by atoms with Gasteiger partial charge in [-0.25, -0.2) is 0 Å². The third kappa shape index (κ3) is 5.80. The Bertz CT molecular complexity index is 424. The molecule has 1 aliphatic carbocycles. The lowest BCUT2D eigenvalue weighted by molar-refractivity contribution is -0.197. The van der Waals surface area contributed by atoms with E-state index in [1.54, 1.807) is 0 Å². The molecule has 3 nitrogen and oxygen atoms in total. The summed E-state index contributed by atoms with van der Waals surface area (Å²) in [6.07, 6.45) is 8.40. The van der Waals surface area contributed by atoms with E-state index in [4.69, 9.17) is 9.47 Å². The van der Waals surface area contributed by atoms with Gasteiger partial charge in [0.25, 0.3) is 0 Å². The zero-order valence-corrected chi connectivity index (χ0v) is 17.4. The normalized spacial score (nSPS) is 30.3. The number of hydrogen-bond acceptors (Lipinski definition) is 3. The van der Waals surface area contributed by atoms with Crippen LogP contribution in [-0.4, -0.2) is 43.0 Å². The first-order chi connectivity index (χ1) is 11.8. The minimum absolute atomic E-state index is 0.264. The van der Waals surface area contributed by atoms with E-state index in [-0.39, 0.29) is 11.9 Å². The van der Waals surface area contributed by atoms with Crippen molar-refractivity contribution < 1.29 is 9.47 Å². The van der Waals surface area contributed by atoms with Crippen molar-refractivity contribution >= 4 is 0 Å². The fourth-order valence-corrected chi connectivity index (χ4v) is 4.44. The molecule has 1 aliphatic heterocycles. The molecule has 1 saturated heterocycles. The van der Waals surface area contributed by atoms with Crippen LogP contribution in [0.15, 0.2) is 12.2 Å². The average Bonchev–Trinajstić information content (AvgIpc) is 2.95. The molecule has 2 rings (SSSR count). The fraction of sp³-hybridized carbons (Fsp3) is 0.909. The van der Waals surface area contributed by atoms with Crippen molar-refractivity contribution in [2.75, 3.05) is 26.2 Å². The lowest BCUT2D eigenvalue weighted by Crippen LogP contribution is -2.39. The summed E-state index contributed by atoms with van der Waals surface area (Å²) < 4.78 is 12.7. The van der Waals surface area contributed by atoms with Crippen molar-refractivity contribution in [3.8, 4) is 0 Å². The maximum atomic E-state index is 6.45. The van der Waals surface area contributed by atoms with Crippen LogP contribution in [0.5, 0.6) is 0 Å². The Labute approximate surface area is 156 Å². The highest BCUT2D eigenvalue weighted by molar-refractivity contribution is 4.93. The molecule has 146 valence electrons. The molecule has 1 saturated carbocycles. The van der Waals surface area contributed by atoms with E-state index < -0.39 is 0 Å². The molecule has 2 aliphatic rings. The van der Waals surface area contributed by atoms with Gasteiger partial charge >= 0.3 is 0 Å². The molecule has 1 atom stereocenters. The second-order valence-electron chi connectivity index (χ2n) is 9.10. The second kappa shape index (κ2) is 9.01. The first-order valence-electron chi connectivity index (χ1n) is 10.5. The molecule has 0 bridgehead atoms. The minimum atomic E-state index is -0.269. The largest absolute Gasteiger partial charge is 0.347 e. The molecular weight excluding hydrogens is 310 g/mol. The quantitative estimate of drug-likeness (QED) is 0.519. The van der Waals surface area contributed by atoms with Gasteiger partial charge in [0.1, 0.15) is 0 Å². The molecule has 0 amide bonds. The maximum Gasteiger partial charge on any atom is 0.168 e. The Kier molecular flexibility index (Phi) is 7.54. The Morgan fingerprint density at radius 2 is 1.88 bits per heavy atom. The monoisotopic (exact) mass is 351 g/mol. The molecule has 1 heterocycles. The van der Waals surface area contributed by atoms with E-state index in [0.717, 1.165) is 51.4 Å². The molecule has 0 aromatic heterocycles. The van der Waals surface area contributed by atoms with Crippen LogP contribution < -0.4 is 0 Å². The zero-order chi connectivity index (χ0) is 18.5. The first-order valence-corrected chi connectivity index (χ1v) is 10.5. The minimum Gasteiger partial charge on any atom is -0.347 e. The van der Waals surface area contributed by atoms with Crippen LogP contribution in [-0.2, 0) is 9.47 Å². The predicted molar refractivity (Wildman–Crippen MR) is 106 cm³/mol. The van der Waals surface area contributed by atoms with Crippen molar-refractivity contribution in [1.82, 2.24) is 4.90 Å². The van der Waals surface area contributed by atoms with E-state index in [1.807, 2.05) is 0 Å². The maximum absolute atomic E-state index is 6.45. The molecule has 0 aromatic carbocycles. The molecule has 25 heavy (non-hydrogen) atoms. The number of nitrogens with zero attached hydrogens (tertiary/aromatic N) is 1. The highest BCUT2D eigenvalue weighted by atomic mass is 16.7. The summed E-state index contributed by atoms with van der Waals surface area (Å²) >= 11 is 0. The SMILES string of the molecule is C=C(C)CN(CCC)CCC1COC2(CCC(C(C)(C)CC)CC2)O1. The van der Waals surface area contributed by atoms with Crippen LogP contribution >= 0.6 is 0 Å². The lowest BCUT2D eigenvalue weighted by atomic mass is 9.68. The topological polar surface area (TPSA) is 21.7 Å². The van der Waals surface area contributed by atoms with Crippen molar-refractivity contribution in [2.24, 2.45) is 11.3 Å². The lowest BCUT2D eigenvalue weighted by Gasteiger charge is -2.42. The molecule has 1 spiro atoms. The summed E-state index contributed by atoms with van der Waals surface area (Å²) in [6.45, 7) is 19.6. The zero-order valence-electron chi connectivity index (χ0n) is 17.4. The van der Waals surface area contributed by atoms with Crippen LogP contribution in [0, 0.1) is 11.3 Å². The fourth-order valence-electron chi connectivity index (χ4n) is 4.44. The summed E-state index contributed by atoms with van der Waals surface area (Å²) in [6, 6.07) is 0. The number of rotatable bonds is 9. The average molecular weight is 352 g/mol. The van der Waals surface area contributed by atoms with Crippen LogP contribution in [0.25, 0.3) is 0 Å². The van der Waals surface area contributed by atoms with Crippen molar-refractivity contribution in [3.63, 3.8) is 0 Å². The first kappa shape index (κ1) is 20.9. The summed E-state index contributed by atoms with van der Waals surface area (Å²) in [5, 5.41) is 0. The highest BCUT2D eigenvalue weighted by Gasteiger charge is 2.46. The summed E-state index contributed by atoms with van der Waals surface area (Å²) in [5.41, 5.74) is 1.69. The van der Waals surface area contributed by atoms with Crippen molar-refractivity contribution in [3.05, 3.63) is 12.2 Å². The summed E-state index contributed by atoms with van der Waals surface area (Å²) in [7, 11) is 0. The standard InChI is InChI=1S/C22H41NO2/c1-7-14-23(16-18(3)4)15-11-20-17-24-22(25-20)12-9-19(10-13-22)21(5,6)8-2/h19-20H,3,7-17H2,1-2,4-6H3. The summed E-state index contributed by atoms with van der Waals surface area (Å²) in [5.74, 6) is 0.541. The van der Waals surface area contributed by atoms with Crippen molar-refractivity contribution in [2.45, 2.75) is 91.5 Å². The van der Waals surface area contributed by atoms with Gasteiger partial charge in [0.05, 0.1) is 12.7 Å². The van der Waals surface area contributed by atoms with Gasteiger partial charge in [0, 0.05) is 25.9 Å². The van der Waals surface area contributed by atoms with E-state index in [2.05, 4.69) is 46.1 Å². The van der Waals surface area contributed by atoms with Gasteiger partial charge in [-0.3, -0.25) is 4.90 Å². The van der Waals surface area contributed by atoms with E-state index >= 15 is 0 Å². The molecule has 0 N–H and O–H groups in total. The Hall–Kier alpha value is -0.380. The van der Waals surface area contributed by atoms with Gasteiger partial charge in [-0.1, -0.05) is 46.3 Å². The van der Waals surface area contributed by atoms with E-state index in [0.29, 0.717) is 5.41 Å². The third-order valence-electron chi connectivity index (χ3n) is 6.48. The molecular formula is C22H41NO2. The van der Waals surface area contributed by atoms with Gasteiger partial charge in [-0.15, -0.1) is 0 Å². The number of ether oxygens (including phenoxy) is 2. The third-order valence-corrected chi connectivity index (χ3v) is 6.48. The van der Waals surface area contributed by atoms with Gasteiger partial charge in [-0.2, -0.15) is 0 Å². The van der Waals surface area contributed by atoms with Crippen LogP contribution in [0.4, 0.5) is 0 Å². The van der Waals surface area contributed by atoms with Gasteiger partial charge in [-0.05, 0) is 50.5 Å². The second-order valence-corrected chi connectivity index (χ2v) is 9.10. The van der Waals surface area contributed by atoms with Gasteiger partial charge in [0.15, 0.2) is 5.79 Å².